The van der Waals surface area contributed by atoms with E-state index < -0.39 is 10.8 Å². The molecule has 20 heavy (non-hydrogen) atoms. The lowest BCUT2D eigenvalue weighted by molar-refractivity contribution is -0.384. The number of aromatic hydroxyl groups is 1. The quantitative estimate of drug-likeness (QED) is 0.671. The Morgan fingerprint density at radius 3 is 2.65 bits per heavy atom. The van der Waals surface area contributed by atoms with E-state index in [9.17, 15) is 20.0 Å². The Hall–Kier alpha value is -2.78. The third kappa shape index (κ3) is 2.79. The average molecular weight is 291 g/mol. The maximum absolute atomic E-state index is 11.9. The van der Waals surface area contributed by atoms with Crippen LogP contribution in [0.2, 0.25) is 5.02 Å². The van der Waals surface area contributed by atoms with E-state index in [0.29, 0.717) is 0 Å². The van der Waals surface area contributed by atoms with Gasteiger partial charge in [-0.05, 0) is 18.2 Å². The summed E-state index contributed by atoms with van der Waals surface area (Å²) in [5, 5.41) is 22.4. The van der Waals surface area contributed by atoms with Gasteiger partial charge in [0.05, 0.1) is 15.5 Å². The molecule has 0 aliphatic heterocycles. The fourth-order valence-corrected chi connectivity index (χ4v) is 1.65. The highest BCUT2D eigenvalue weighted by Crippen LogP contribution is 2.24. The summed E-state index contributed by atoms with van der Waals surface area (Å²) in [6.45, 7) is 0. The maximum atomic E-state index is 11.9. The second kappa shape index (κ2) is 5.47. The molecule has 2 aromatic carbocycles. The number of hydrogen-bond acceptors (Lipinski definition) is 4. The monoisotopic (exact) mass is 290 g/mol. The zero-order chi connectivity index (χ0) is 14.7. The van der Waals surface area contributed by atoms with Crippen molar-refractivity contribution in [1.29, 1.82) is 0 Å². The van der Waals surface area contributed by atoms with Crippen LogP contribution in [-0.4, -0.2) is 15.9 Å². The van der Waals surface area contributed by atoms with Gasteiger partial charge in [0.2, 0.25) is 0 Å². The van der Waals surface area contributed by atoms with Gasteiger partial charge in [0.25, 0.3) is 5.91 Å². The van der Waals surface area contributed by atoms with E-state index in [1.165, 1.54) is 12.1 Å². The first-order valence-corrected chi connectivity index (χ1v) is 5.74. The Morgan fingerprint density at radius 1 is 1.35 bits per heavy atom. The van der Waals surface area contributed by atoms with Crippen LogP contribution in [-0.2, 0) is 0 Å². The van der Waals surface area contributed by atoms with Crippen LogP contribution in [0.15, 0.2) is 30.3 Å². The lowest BCUT2D eigenvalue weighted by Gasteiger charge is -2.06. The lowest BCUT2D eigenvalue weighted by atomic mass is 10.2. The number of rotatable bonds is 3. The molecule has 2 N–H and O–H groups in total. The summed E-state index contributed by atoms with van der Waals surface area (Å²) in [7, 11) is 0. The minimum Gasteiger partial charge on any atom is -0.507 e. The Bertz CT molecular complexity index is 688. The van der Waals surface area contributed by atoms with Gasteiger partial charge in [-0.3, -0.25) is 14.9 Å². The number of phenols is 1. The van der Waals surface area contributed by atoms with Crippen molar-refractivity contribution in [2.24, 2.45) is 0 Å². The van der Waals surface area contributed by atoms with Crippen molar-refractivity contribution in [3.8, 4) is 5.75 Å². The normalized spacial score (nSPS) is 9.65. The Morgan fingerprint density at radius 2 is 2.05 bits per heavy atom. The fraction of sp³-hybridized carbons (Fsp3) is 0. The SMILES string of the molecule is O=C(Nc1c#cc([N+](=O)[O-])cc1Cl)c1ccccc1O. The number of nitro groups is 1. The van der Waals surface area contributed by atoms with Crippen molar-refractivity contribution in [3.63, 3.8) is 0 Å². The molecule has 7 heteroatoms. The van der Waals surface area contributed by atoms with E-state index >= 15 is 0 Å². The molecule has 6 nitrogen and oxygen atoms in total. The summed E-state index contributed by atoms with van der Waals surface area (Å²) in [4.78, 5) is 21.8. The molecule has 0 radical (unpaired) electrons. The lowest BCUT2D eigenvalue weighted by Crippen LogP contribution is -2.12. The number of benzene rings is 1. The van der Waals surface area contributed by atoms with Gasteiger partial charge >= 0.3 is 5.69 Å². The minimum atomic E-state index is -0.670. The number of halogens is 1. The highest BCUT2D eigenvalue weighted by Gasteiger charge is 2.14. The van der Waals surface area contributed by atoms with Gasteiger partial charge in [-0.1, -0.05) is 23.7 Å². The molecule has 2 aromatic rings. The third-order valence-corrected chi connectivity index (χ3v) is 2.70. The Kier molecular flexibility index (Phi) is 3.73. The molecule has 0 unspecified atom stereocenters. The van der Waals surface area contributed by atoms with E-state index in [1.807, 2.05) is 0 Å². The third-order valence-electron chi connectivity index (χ3n) is 2.40. The van der Waals surface area contributed by atoms with Crippen LogP contribution in [0.1, 0.15) is 10.4 Å². The van der Waals surface area contributed by atoms with Gasteiger partial charge in [0.1, 0.15) is 11.4 Å². The molecule has 100 valence electrons. The molecule has 0 spiro atoms. The van der Waals surface area contributed by atoms with E-state index in [0.717, 1.165) is 6.07 Å². The van der Waals surface area contributed by atoms with Gasteiger partial charge in [0, 0.05) is 12.1 Å². The number of nitrogens with zero attached hydrogens (tertiary/aromatic N) is 1. The predicted molar refractivity (Wildman–Crippen MR) is 71.8 cm³/mol. The number of para-hydroxylation sites is 1. The van der Waals surface area contributed by atoms with Gasteiger partial charge < -0.3 is 10.4 Å². The molecule has 0 aliphatic carbocycles. The van der Waals surface area contributed by atoms with Crippen molar-refractivity contribution in [3.05, 3.63) is 63.2 Å². The molecular formula is C13H7ClN2O4. The fourth-order valence-electron chi connectivity index (χ4n) is 1.45. The zero-order valence-corrected chi connectivity index (χ0v) is 10.6. The van der Waals surface area contributed by atoms with E-state index in [4.69, 9.17) is 11.6 Å². The first-order chi connectivity index (χ1) is 9.49. The molecule has 0 aliphatic rings. The van der Waals surface area contributed by atoms with Gasteiger partial charge in [-0.25, -0.2) is 0 Å². The first-order valence-electron chi connectivity index (χ1n) is 5.36. The van der Waals surface area contributed by atoms with Crippen molar-refractivity contribution in [2.45, 2.75) is 0 Å². The molecule has 0 heterocycles. The van der Waals surface area contributed by atoms with Crippen LogP contribution in [0.4, 0.5) is 11.4 Å². The van der Waals surface area contributed by atoms with Crippen LogP contribution < -0.4 is 5.32 Å². The summed E-state index contributed by atoms with van der Waals surface area (Å²) in [5.74, 6) is -0.796. The zero-order valence-electron chi connectivity index (χ0n) is 9.88. The molecule has 0 fully saturated rings. The van der Waals surface area contributed by atoms with E-state index in [-0.39, 0.29) is 27.7 Å². The number of carbonyl (C=O) groups excluding carboxylic acids is 1. The van der Waals surface area contributed by atoms with Crippen LogP contribution >= 0.6 is 11.6 Å². The largest absolute Gasteiger partial charge is 0.507 e. The van der Waals surface area contributed by atoms with E-state index in [2.05, 4.69) is 17.4 Å². The number of carbonyl (C=O) groups is 1. The molecular weight excluding hydrogens is 284 g/mol. The number of anilines is 1. The summed E-state index contributed by atoms with van der Waals surface area (Å²) in [5.41, 5.74) is -0.253. The number of phenolic OH excluding ortho intramolecular Hbond substituents is 1. The van der Waals surface area contributed by atoms with Crippen molar-refractivity contribution < 1.29 is 14.8 Å². The highest BCUT2D eigenvalue weighted by atomic mass is 35.5. The standard InChI is InChI=1S/C13H7ClN2O4/c14-10-7-8(16(19)20)5-6-11(10)15-13(18)9-3-1-2-4-12(9)17/h1-4,7,17H,(H,15,18). The topological polar surface area (TPSA) is 92.5 Å². The van der Waals surface area contributed by atoms with Crippen LogP contribution in [0.5, 0.6) is 5.75 Å². The Balaban J connectivity index is 2.25. The summed E-state index contributed by atoms with van der Waals surface area (Å²) < 4.78 is 0. The smallest absolute Gasteiger partial charge is 0.321 e. The molecule has 0 atom stereocenters. The van der Waals surface area contributed by atoms with Crippen LogP contribution in [0.3, 0.4) is 0 Å². The second-order valence-corrected chi connectivity index (χ2v) is 4.14. The van der Waals surface area contributed by atoms with Crippen LogP contribution in [0.25, 0.3) is 0 Å². The number of nitrogens with one attached hydrogen (secondary N) is 1. The maximum Gasteiger partial charge on any atom is 0.321 e. The summed E-state index contributed by atoms with van der Waals surface area (Å²) in [6, 6.07) is 11.7. The molecule has 0 bridgehead atoms. The van der Waals surface area contributed by atoms with E-state index in [1.54, 1.807) is 12.1 Å². The molecule has 0 saturated carbocycles. The Labute approximate surface area is 118 Å². The van der Waals surface area contributed by atoms with Crippen molar-refractivity contribution in [2.75, 3.05) is 5.32 Å². The predicted octanol–water partition coefficient (Wildman–Crippen LogP) is 2.81. The first kappa shape index (κ1) is 13.6. The van der Waals surface area contributed by atoms with Gasteiger partial charge in [-0.2, -0.15) is 0 Å². The van der Waals surface area contributed by atoms with Crippen LogP contribution in [0, 0.1) is 22.2 Å². The number of amides is 1. The second-order valence-electron chi connectivity index (χ2n) is 3.73. The minimum absolute atomic E-state index is 0.0424. The molecule has 2 rings (SSSR count). The average Bonchev–Trinajstić information content (AvgIpc) is 2.41. The molecule has 0 saturated heterocycles. The summed E-state index contributed by atoms with van der Waals surface area (Å²) in [6.07, 6.45) is 0. The highest BCUT2D eigenvalue weighted by molar-refractivity contribution is 6.34. The van der Waals surface area contributed by atoms with Gasteiger partial charge in [0.15, 0.2) is 0 Å². The van der Waals surface area contributed by atoms with Crippen molar-refractivity contribution in [1.82, 2.24) is 0 Å². The summed E-state index contributed by atoms with van der Waals surface area (Å²) >= 11 is 5.81. The van der Waals surface area contributed by atoms with Crippen molar-refractivity contribution >= 4 is 28.9 Å². The molecule has 0 aromatic heterocycles. The molecule has 1 amide bonds. The van der Waals surface area contributed by atoms with Gasteiger partial charge in [-0.15, -0.1) is 0 Å². The number of hydrogen-bond donors (Lipinski definition) is 2.